The van der Waals surface area contributed by atoms with E-state index in [4.69, 9.17) is 0 Å². The van der Waals surface area contributed by atoms with Crippen LogP contribution in [-0.2, 0) is 0 Å². The van der Waals surface area contributed by atoms with Crippen LogP contribution in [0.25, 0.3) is 0 Å². The van der Waals surface area contributed by atoms with E-state index in [0.717, 1.165) is 5.06 Å². The minimum absolute atomic E-state index is 0.0113. The van der Waals surface area contributed by atoms with E-state index >= 15 is 0 Å². The molecule has 0 amide bonds. The smallest absolute Gasteiger partial charge is 0.294 e. The van der Waals surface area contributed by atoms with E-state index in [-0.39, 0.29) is 5.69 Å². The van der Waals surface area contributed by atoms with Gasteiger partial charge in [-0.15, -0.1) is 0 Å². The molecule has 0 saturated heterocycles. The molecule has 1 aromatic rings. The summed E-state index contributed by atoms with van der Waals surface area (Å²) in [6, 6.07) is 4.61. The number of benzene rings is 1. The Kier molecular flexibility index (Phi) is 3.68. The second-order valence-electron chi connectivity index (χ2n) is 3.47. The van der Waals surface area contributed by atoms with Crippen molar-refractivity contribution in [2.75, 3.05) is 30.6 Å². The molecule has 0 unspecified atom stereocenters. The van der Waals surface area contributed by atoms with E-state index in [1.807, 2.05) is 6.92 Å². The van der Waals surface area contributed by atoms with Crippen molar-refractivity contribution in [3.63, 3.8) is 0 Å². The Balaban J connectivity index is 3.25. The van der Waals surface area contributed by atoms with Crippen molar-refractivity contribution >= 4 is 17.1 Å². The Morgan fingerprint density at radius 2 is 2.06 bits per heavy atom. The minimum atomic E-state index is -0.450. The molecule has 0 aliphatic carbocycles. The van der Waals surface area contributed by atoms with Gasteiger partial charge in [-0.05, 0) is 19.1 Å². The maximum absolute atomic E-state index is 10.9. The average Bonchev–Trinajstić information content (AvgIpc) is 2.26. The highest BCUT2D eigenvalue weighted by molar-refractivity contribution is 5.68. The summed E-state index contributed by atoms with van der Waals surface area (Å²) in [5, 5.41) is 21.0. The highest BCUT2D eigenvalue weighted by Crippen LogP contribution is 2.31. The van der Waals surface area contributed by atoms with Crippen molar-refractivity contribution in [2.24, 2.45) is 0 Å². The molecule has 0 saturated carbocycles. The van der Waals surface area contributed by atoms with E-state index in [1.165, 1.54) is 13.1 Å². The quantitative estimate of drug-likeness (QED) is 0.625. The van der Waals surface area contributed by atoms with Gasteiger partial charge in [0.1, 0.15) is 5.69 Å². The second kappa shape index (κ2) is 4.80. The first-order valence-electron chi connectivity index (χ1n) is 4.89. The fourth-order valence-corrected chi connectivity index (χ4v) is 1.35. The Hall–Kier alpha value is -1.82. The summed E-state index contributed by atoms with van der Waals surface area (Å²) in [6.07, 6.45) is 0. The summed E-state index contributed by atoms with van der Waals surface area (Å²) in [5.74, 6) is 0. The van der Waals surface area contributed by atoms with Gasteiger partial charge in [-0.25, -0.2) is 0 Å². The predicted molar refractivity (Wildman–Crippen MR) is 62.2 cm³/mol. The molecule has 88 valence electrons. The van der Waals surface area contributed by atoms with Gasteiger partial charge in [0.2, 0.25) is 0 Å². The molecule has 1 rings (SSSR count). The fraction of sp³-hybridized carbons (Fsp3) is 0.400. The monoisotopic (exact) mass is 225 g/mol. The van der Waals surface area contributed by atoms with E-state index in [0.29, 0.717) is 17.9 Å². The Bertz CT molecular complexity index is 393. The normalized spacial score (nSPS) is 10.0. The number of nitro benzene ring substituents is 1. The topological polar surface area (TPSA) is 69.8 Å². The zero-order valence-electron chi connectivity index (χ0n) is 9.54. The summed E-state index contributed by atoms with van der Waals surface area (Å²) in [5.41, 5.74) is 0.917. The molecule has 16 heavy (non-hydrogen) atoms. The van der Waals surface area contributed by atoms with Crippen LogP contribution < -0.4 is 9.96 Å². The van der Waals surface area contributed by atoms with Crippen LogP contribution in [0.5, 0.6) is 0 Å². The lowest BCUT2D eigenvalue weighted by molar-refractivity contribution is -0.384. The second-order valence-corrected chi connectivity index (χ2v) is 3.47. The van der Waals surface area contributed by atoms with Crippen LogP contribution in [0.1, 0.15) is 6.92 Å². The molecule has 1 aromatic carbocycles. The van der Waals surface area contributed by atoms with E-state index in [9.17, 15) is 15.3 Å². The number of nitrogens with zero attached hydrogens (tertiary/aromatic N) is 3. The summed E-state index contributed by atoms with van der Waals surface area (Å²) in [7, 11) is 3.20. The summed E-state index contributed by atoms with van der Waals surface area (Å²) in [4.78, 5) is 12.2. The number of rotatable bonds is 4. The molecule has 0 bridgehead atoms. The van der Waals surface area contributed by atoms with Crippen molar-refractivity contribution in [3.05, 3.63) is 28.3 Å². The zero-order valence-corrected chi connectivity index (χ0v) is 9.54. The molecule has 0 spiro atoms. The van der Waals surface area contributed by atoms with Crippen LogP contribution in [0.2, 0.25) is 0 Å². The molecule has 0 fully saturated rings. The van der Waals surface area contributed by atoms with Gasteiger partial charge in [0.15, 0.2) is 0 Å². The lowest BCUT2D eigenvalue weighted by Gasteiger charge is -2.18. The Morgan fingerprint density at radius 3 is 2.50 bits per heavy atom. The van der Waals surface area contributed by atoms with Gasteiger partial charge < -0.3 is 4.90 Å². The van der Waals surface area contributed by atoms with Gasteiger partial charge in [0.25, 0.3) is 5.69 Å². The van der Waals surface area contributed by atoms with Crippen molar-refractivity contribution in [1.82, 2.24) is 0 Å². The predicted octanol–water partition coefficient (Wildman–Crippen LogP) is 1.88. The maximum atomic E-state index is 10.9. The summed E-state index contributed by atoms with van der Waals surface area (Å²) < 4.78 is 0. The molecule has 6 nitrogen and oxygen atoms in total. The minimum Gasteiger partial charge on any atom is -0.369 e. The number of hydroxylamine groups is 1. The summed E-state index contributed by atoms with van der Waals surface area (Å²) in [6.45, 7) is 2.59. The molecule has 0 aromatic heterocycles. The first-order chi connectivity index (χ1) is 7.47. The van der Waals surface area contributed by atoms with Crippen LogP contribution in [0.3, 0.4) is 0 Å². The molecule has 0 aliphatic rings. The number of anilines is 2. The van der Waals surface area contributed by atoms with Crippen LogP contribution >= 0.6 is 0 Å². The van der Waals surface area contributed by atoms with E-state index in [1.54, 1.807) is 24.1 Å². The molecule has 0 heterocycles. The third-order valence-corrected chi connectivity index (χ3v) is 2.41. The third-order valence-electron chi connectivity index (χ3n) is 2.41. The molecule has 1 N–H and O–H groups in total. The molecule has 0 aliphatic heterocycles. The first kappa shape index (κ1) is 12.3. The van der Waals surface area contributed by atoms with Crippen LogP contribution in [0.15, 0.2) is 18.2 Å². The SMILES string of the molecule is CCN(C)c1ccc(N(C)O)cc1[N+](=O)[O-]. The van der Waals surface area contributed by atoms with E-state index < -0.39 is 4.92 Å². The molecular formula is C10H15N3O3. The lowest BCUT2D eigenvalue weighted by Crippen LogP contribution is -2.18. The van der Waals surface area contributed by atoms with Gasteiger partial charge in [-0.3, -0.25) is 20.4 Å². The van der Waals surface area contributed by atoms with Crippen LogP contribution in [0, 0.1) is 10.1 Å². The van der Waals surface area contributed by atoms with Gasteiger partial charge >= 0.3 is 0 Å². The van der Waals surface area contributed by atoms with Crippen molar-refractivity contribution < 1.29 is 10.1 Å². The van der Waals surface area contributed by atoms with Crippen molar-refractivity contribution in [2.45, 2.75) is 6.92 Å². The first-order valence-corrected chi connectivity index (χ1v) is 4.89. The van der Waals surface area contributed by atoms with Gasteiger partial charge in [0, 0.05) is 26.7 Å². The molecule has 6 heteroatoms. The number of nitro groups is 1. The Morgan fingerprint density at radius 1 is 1.44 bits per heavy atom. The third kappa shape index (κ3) is 2.40. The lowest BCUT2D eigenvalue weighted by atomic mass is 10.2. The molecule has 0 radical (unpaired) electrons. The largest absolute Gasteiger partial charge is 0.369 e. The van der Waals surface area contributed by atoms with Gasteiger partial charge in [-0.1, -0.05) is 0 Å². The fourth-order valence-electron chi connectivity index (χ4n) is 1.35. The van der Waals surface area contributed by atoms with Crippen LogP contribution in [0.4, 0.5) is 17.1 Å². The van der Waals surface area contributed by atoms with Crippen molar-refractivity contribution in [1.29, 1.82) is 0 Å². The van der Waals surface area contributed by atoms with Gasteiger partial charge in [-0.2, -0.15) is 0 Å². The Labute approximate surface area is 93.8 Å². The number of hydrogen-bond acceptors (Lipinski definition) is 5. The molecule has 0 atom stereocenters. The van der Waals surface area contributed by atoms with Crippen molar-refractivity contribution in [3.8, 4) is 0 Å². The van der Waals surface area contributed by atoms with E-state index in [2.05, 4.69) is 0 Å². The average molecular weight is 225 g/mol. The maximum Gasteiger partial charge on any atom is 0.294 e. The highest BCUT2D eigenvalue weighted by atomic mass is 16.6. The standard InChI is InChI=1S/C10H15N3O3/c1-4-11(2)9-6-5-8(12(3)14)7-10(9)13(15)16/h5-7,14H,4H2,1-3H3. The van der Waals surface area contributed by atoms with Gasteiger partial charge in [0.05, 0.1) is 10.6 Å². The molecular weight excluding hydrogens is 210 g/mol. The zero-order chi connectivity index (χ0) is 12.3. The van der Waals surface area contributed by atoms with Crippen LogP contribution in [-0.4, -0.2) is 30.8 Å². The highest BCUT2D eigenvalue weighted by Gasteiger charge is 2.17. The summed E-state index contributed by atoms with van der Waals surface area (Å²) >= 11 is 0. The number of hydrogen-bond donors (Lipinski definition) is 1.